The highest BCUT2D eigenvalue weighted by atomic mass is 16.5. The van der Waals surface area contributed by atoms with E-state index < -0.39 is 0 Å². The Morgan fingerprint density at radius 1 is 1.50 bits per heavy atom. The van der Waals surface area contributed by atoms with Crippen molar-refractivity contribution in [2.75, 3.05) is 20.3 Å². The summed E-state index contributed by atoms with van der Waals surface area (Å²) in [4.78, 5) is 0. The summed E-state index contributed by atoms with van der Waals surface area (Å²) in [5, 5.41) is 7.09. The maximum atomic E-state index is 5.05. The first-order chi connectivity index (χ1) is 6.83. The molecule has 14 heavy (non-hydrogen) atoms. The molecule has 0 spiro atoms. The van der Waals surface area contributed by atoms with E-state index in [2.05, 4.69) is 10.5 Å². The molecule has 0 aliphatic heterocycles. The second-order valence-electron chi connectivity index (χ2n) is 3.31. The third kappa shape index (κ3) is 4.39. The molecule has 0 radical (unpaired) electrons. The van der Waals surface area contributed by atoms with Gasteiger partial charge in [0, 0.05) is 19.8 Å². The predicted molar refractivity (Wildman–Crippen MR) is 54.1 cm³/mol. The summed E-state index contributed by atoms with van der Waals surface area (Å²) in [5.74, 6) is 0.897. The maximum Gasteiger partial charge on any atom is 0.150 e. The summed E-state index contributed by atoms with van der Waals surface area (Å²) in [6.45, 7) is 4.51. The Balaban J connectivity index is 1.99. The van der Waals surface area contributed by atoms with Crippen LogP contribution in [0.4, 0.5) is 0 Å². The Labute approximate surface area is 84.6 Å². The van der Waals surface area contributed by atoms with Crippen LogP contribution in [-0.4, -0.2) is 25.4 Å². The van der Waals surface area contributed by atoms with E-state index in [1.807, 2.05) is 13.0 Å². The van der Waals surface area contributed by atoms with Crippen LogP contribution in [-0.2, 0) is 11.3 Å². The highest BCUT2D eigenvalue weighted by Gasteiger charge is 1.98. The summed E-state index contributed by atoms with van der Waals surface area (Å²) in [7, 11) is 1.73. The average molecular weight is 198 g/mol. The highest BCUT2D eigenvalue weighted by Crippen LogP contribution is 2.00. The van der Waals surface area contributed by atoms with Crippen molar-refractivity contribution in [2.45, 2.75) is 26.3 Å². The van der Waals surface area contributed by atoms with Gasteiger partial charge in [-0.25, -0.2) is 0 Å². The molecule has 1 aromatic heterocycles. The molecule has 0 aromatic carbocycles. The largest absolute Gasteiger partial charge is 0.385 e. The van der Waals surface area contributed by atoms with Crippen molar-refractivity contribution in [3.05, 3.63) is 17.5 Å². The Hall–Kier alpha value is -0.870. The average Bonchev–Trinajstić information content (AvgIpc) is 2.58. The zero-order valence-corrected chi connectivity index (χ0v) is 8.88. The van der Waals surface area contributed by atoms with E-state index in [0.717, 1.165) is 44.0 Å². The summed E-state index contributed by atoms with van der Waals surface area (Å²) >= 11 is 0. The highest BCUT2D eigenvalue weighted by molar-refractivity contribution is 5.02. The van der Waals surface area contributed by atoms with Crippen LogP contribution in [0.1, 0.15) is 24.3 Å². The molecule has 0 aliphatic rings. The first-order valence-corrected chi connectivity index (χ1v) is 4.95. The van der Waals surface area contributed by atoms with Crippen LogP contribution in [0.2, 0.25) is 0 Å². The normalized spacial score (nSPS) is 10.7. The van der Waals surface area contributed by atoms with Crippen molar-refractivity contribution in [3.8, 4) is 0 Å². The van der Waals surface area contributed by atoms with E-state index in [-0.39, 0.29) is 0 Å². The SMILES string of the molecule is COCCCCNCc1cc(C)no1. The van der Waals surface area contributed by atoms with Crippen LogP contribution in [0.5, 0.6) is 0 Å². The van der Waals surface area contributed by atoms with Crippen molar-refractivity contribution in [1.29, 1.82) is 0 Å². The van der Waals surface area contributed by atoms with Crippen LogP contribution < -0.4 is 5.32 Å². The summed E-state index contributed by atoms with van der Waals surface area (Å²) in [5.41, 5.74) is 0.932. The minimum absolute atomic E-state index is 0.758. The molecular weight excluding hydrogens is 180 g/mol. The molecule has 0 saturated carbocycles. The van der Waals surface area contributed by atoms with Gasteiger partial charge in [-0.05, 0) is 26.3 Å². The lowest BCUT2D eigenvalue weighted by atomic mass is 10.3. The van der Waals surface area contributed by atoms with Crippen molar-refractivity contribution in [1.82, 2.24) is 10.5 Å². The van der Waals surface area contributed by atoms with E-state index >= 15 is 0 Å². The standard InChI is InChI=1S/C10H18N2O2/c1-9-7-10(14-12-9)8-11-5-3-4-6-13-2/h7,11H,3-6,8H2,1-2H3. The lowest BCUT2D eigenvalue weighted by Gasteiger charge is -2.01. The third-order valence-corrected chi connectivity index (χ3v) is 1.93. The Bertz CT molecular complexity index is 248. The van der Waals surface area contributed by atoms with E-state index in [0.29, 0.717) is 0 Å². The topological polar surface area (TPSA) is 47.3 Å². The van der Waals surface area contributed by atoms with Crippen LogP contribution in [0.15, 0.2) is 10.6 Å². The number of ether oxygens (including phenoxy) is 1. The third-order valence-electron chi connectivity index (χ3n) is 1.93. The molecule has 0 saturated heterocycles. The van der Waals surface area contributed by atoms with Crippen LogP contribution in [0.3, 0.4) is 0 Å². The van der Waals surface area contributed by atoms with Crippen LogP contribution in [0.25, 0.3) is 0 Å². The first kappa shape index (κ1) is 11.2. The van der Waals surface area contributed by atoms with Gasteiger partial charge in [0.1, 0.15) is 0 Å². The van der Waals surface area contributed by atoms with Crippen molar-refractivity contribution in [2.24, 2.45) is 0 Å². The van der Waals surface area contributed by atoms with Gasteiger partial charge in [-0.3, -0.25) is 0 Å². The molecule has 0 atom stereocenters. The van der Waals surface area contributed by atoms with E-state index in [9.17, 15) is 0 Å². The van der Waals surface area contributed by atoms with Gasteiger partial charge in [-0.1, -0.05) is 5.16 Å². The smallest absolute Gasteiger partial charge is 0.150 e. The van der Waals surface area contributed by atoms with E-state index in [4.69, 9.17) is 9.26 Å². The molecule has 1 rings (SSSR count). The van der Waals surface area contributed by atoms with Crippen molar-refractivity contribution < 1.29 is 9.26 Å². The maximum absolute atomic E-state index is 5.05. The molecule has 1 N–H and O–H groups in total. The Kier molecular flexibility index (Phi) is 5.25. The molecule has 4 heteroatoms. The molecule has 0 amide bonds. The molecule has 0 unspecified atom stereocenters. The fraction of sp³-hybridized carbons (Fsp3) is 0.700. The van der Waals surface area contributed by atoms with Crippen molar-refractivity contribution in [3.63, 3.8) is 0 Å². The summed E-state index contributed by atoms with van der Waals surface area (Å²) < 4.78 is 10.0. The number of methoxy groups -OCH3 is 1. The molecule has 1 heterocycles. The number of nitrogens with zero attached hydrogens (tertiary/aromatic N) is 1. The summed E-state index contributed by atoms with van der Waals surface area (Å²) in [6, 6.07) is 1.95. The monoisotopic (exact) mass is 198 g/mol. The number of aryl methyl sites for hydroxylation is 1. The molecule has 0 aliphatic carbocycles. The van der Waals surface area contributed by atoms with Crippen molar-refractivity contribution >= 4 is 0 Å². The fourth-order valence-corrected chi connectivity index (χ4v) is 1.21. The molecular formula is C10H18N2O2. The molecule has 4 nitrogen and oxygen atoms in total. The number of aromatic nitrogens is 1. The van der Waals surface area contributed by atoms with Gasteiger partial charge in [0.05, 0.1) is 12.2 Å². The lowest BCUT2D eigenvalue weighted by Crippen LogP contribution is -2.14. The molecule has 0 fully saturated rings. The zero-order chi connectivity index (χ0) is 10.2. The second-order valence-corrected chi connectivity index (χ2v) is 3.31. The van der Waals surface area contributed by atoms with E-state index in [1.54, 1.807) is 7.11 Å². The number of unbranched alkanes of at least 4 members (excludes halogenated alkanes) is 1. The van der Waals surface area contributed by atoms with Gasteiger partial charge < -0.3 is 14.6 Å². The predicted octanol–water partition coefficient (Wildman–Crippen LogP) is 1.50. The van der Waals surface area contributed by atoms with Crippen LogP contribution in [0, 0.1) is 6.92 Å². The summed E-state index contributed by atoms with van der Waals surface area (Å²) in [6.07, 6.45) is 2.22. The number of nitrogens with one attached hydrogen (secondary N) is 1. The minimum atomic E-state index is 0.758. The molecule has 80 valence electrons. The first-order valence-electron chi connectivity index (χ1n) is 4.95. The number of hydrogen-bond acceptors (Lipinski definition) is 4. The quantitative estimate of drug-likeness (QED) is 0.674. The minimum Gasteiger partial charge on any atom is -0.385 e. The number of rotatable bonds is 7. The van der Waals surface area contributed by atoms with E-state index in [1.165, 1.54) is 0 Å². The Morgan fingerprint density at radius 3 is 3.00 bits per heavy atom. The lowest BCUT2D eigenvalue weighted by molar-refractivity contribution is 0.192. The molecule has 1 aromatic rings. The fourth-order valence-electron chi connectivity index (χ4n) is 1.21. The van der Waals surface area contributed by atoms with Gasteiger partial charge in [0.15, 0.2) is 5.76 Å². The van der Waals surface area contributed by atoms with Gasteiger partial charge in [-0.2, -0.15) is 0 Å². The van der Waals surface area contributed by atoms with Gasteiger partial charge in [0.25, 0.3) is 0 Å². The second kappa shape index (κ2) is 6.56. The van der Waals surface area contributed by atoms with Gasteiger partial charge >= 0.3 is 0 Å². The van der Waals surface area contributed by atoms with Gasteiger partial charge in [0.2, 0.25) is 0 Å². The number of hydrogen-bond donors (Lipinski definition) is 1. The Morgan fingerprint density at radius 2 is 2.36 bits per heavy atom. The van der Waals surface area contributed by atoms with Gasteiger partial charge in [-0.15, -0.1) is 0 Å². The zero-order valence-electron chi connectivity index (χ0n) is 8.88. The molecule has 0 bridgehead atoms. The van der Waals surface area contributed by atoms with Crippen LogP contribution >= 0.6 is 0 Å².